The zero-order chi connectivity index (χ0) is 13.9. The highest BCUT2D eigenvalue weighted by Crippen LogP contribution is 1.84. The van der Waals surface area contributed by atoms with Gasteiger partial charge in [0.25, 0.3) is 5.56 Å². The molecule has 1 aromatic rings. The zero-order valence-corrected chi connectivity index (χ0v) is 9.91. The molecule has 0 aromatic carbocycles. The highest BCUT2D eigenvalue weighted by atomic mass is 16.4. The van der Waals surface area contributed by atoms with Crippen LogP contribution in [0.2, 0.25) is 0 Å². The summed E-state index contributed by atoms with van der Waals surface area (Å²) in [7, 11) is 1.29. The largest absolute Gasteiger partial charge is 0.480 e. The first-order valence-corrected chi connectivity index (χ1v) is 5.11. The van der Waals surface area contributed by atoms with Gasteiger partial charge in [0.05, 0.1) is 0 Å². The summed E-state index contributed by atoms with van der Waals surface area (Å²) < 4.78 is 1.87. The summed E-state index contributed by atoms with van der Waals surface area (Å²) in [5, 5.41) is 10.8. The molecule has 0 fully saturated rings. The number of carbonyl (C=O) groups excluding carboxylic acids is 1. The number of nitrogens with one attached hydrogen (secondary N) is 1. The topological polar surface area (TPSA) is 110 Å². The molecule has 0 spiro atoms. The van der Waals surface area contributed by atoms with Gasteiger partial charge in [0, 0.05) is 19.3 Å². The molecule has 98 valence electrons. The fourth-order valence-electron chi connectivity index (χ4n) is 1.24. The first kappa shape index (κ1) is 13.7. The fourth-order valence-corrected chi connectivity index (χ4v) is 1.24. The molecule has 1 aromatic heterocycles. The standard InChI is InChI=1S/C10H13N3O5/c1-6(9(16)17)11-7(14)5-13-4-3-8(15)12(2)10(13)18/h3-4,6H,5H2,1-2H3,(H,11,14)(H,16,17)/t6-/m0/s1. The molecule has 1 rings (SSSR count). The molecule has 8 heteroatoms. The Kier molecular flexibility index (Phi) is 4.03. The molecule has 0 radical (unpaired) electrons. The van der Waals surface area contributed by atoms with Gasteiger partial charge in [-0.2, -0.15) is 0 Å². The zero-order valence-electron chi connectivity index (χ0n) is 9.91. The van der Waals surface area contributed by atoms with Gasteiger partial charge >= 0.3 is 11.7 Å². The predicted octanol–water partition coefficient (Wildman–Crippen LogP) is -1.86. The van der Waals surface area contributed by atoms with Crippen LogP contribution in [0.4, 0.5) is 0 Å². The van der Waals surface area contributed by atoms with Crippen LogP contribution in [0, 0.1) is 0 Å². The third-order valence-corrected chi connectivity index (χ3v) is 2.32. The fraction of sp³-hybridized carbons (Fsp3) is 0.400. The van der Waals surface area contributed by atoms with Gasteiger partial charge in [-0.1, -0.05) is 0 Å². The smallest absolute Gasteiger partial charge is 0.331 e. The van der Waals surface area contributed by atoms with Gasteiger partial charge in [-0.3, -0.25) is 23.5 Å². The maximum atomic E-state index is 11.6. The molecule has 0 aliphatic carbocycles. The van der Waals surface area contributed by atoms with E-state index in [4.69, 9.17) is 5.11 Å². The average Bonchev–Trinajstić information content (AvgIpc) is 2.29. The van der Waals surface area contributed by atoms with Crippen molar-refractivity contribution in [1.29, 1.82) is 0 Å². The minimum absolute atomic E-state index is 0.343. The lowest BCUT2D eigenvalue weighted by atomic mass is 10.3. The number of rotatable bonds is 4. The molecule has 0 aliphatic rings. The van der Waals surface area contributed by atoms with Crippen molar-refractivity contribution >= 4 is 11.9 Å². The highest BCUT2D eigenvalue weighted by molar-refractivity contribution is 5.83. The Morgan fingerprint density at radius 3 is 2.61 bits per heavy atom. The summed E-state index contributed by atoms with van der Waals surface area (Å²) in [5.74, 6) is -1.79. The van der Waals surface area contributed by atoms with Crippen LogP contribution in [0.25, 0.3) is 0 Å². The predicted molar refractivity (Wildman–Crippen MR) is 61.2 cm³/mol. The third kappa shape index (κ3) is 3.06. The van der Waals surface area contributed by atoms with E-state index in [0.717, 1.165) is 15.2 Å². The lowest BCUT2D eigenvalue weighted by molar-refractivity contribution is -0.141. The molecule has 1 atom stereocenters. The van der Waals surface area contributed by atoms with E-state index < -0.39 is 29.2 Å². The molecule has 0 saturated heterocycles. The van der Waals surface area contributed by atoms with Gasteiger partial charge < -0.3 is 10.4 Å². The maximum absolute atomic E-state index is 11.6. The number of carboxylic acid groups (broad SMARTS) is 1. The molecule has 8 nitrogen and oxygen atoms in total. The Morgan fingerprint density at radius 1 is 1.44 bits per heavy atom. The minimum Gasteiger partial charge on any atom is -0.480 e. The van der Waals surface area contributed by atoms with E-state index in [0.29, 0.717) is 0 Å². The Bertz CT molecular complexity index is 586. The highest BCUT2D eigenvalue weighted by Gasteiger charge is 2.14. The van der Waals surface area contributed by atoms with Crippen molar-refractivity contribution < 1.29 is 14.7 Å². The Labute approximate surface area is 101 Å². The number of amides is 1. The maximum Gasteiger partial charge on any atom is 0.331 e. The molecular weight excluding hydrogens is 242 g/mol. The summed E-state index contributed by atoms with van der Waals surface area (Å²) in [5.41, 5.74) is -1.11. The summed E-state index contributed by atoms with van der Waals surface area (Å²) in [4.78, 5) is 44.7. The summed E-state index contributed by atoms with van der Waals surface area (Å²) in [6, 6.07) is 0.107. The average molecular weight is 255 g/mol. The number of nitrogens with zero attached hydrogens (tertiary/aromatic N) is 2. The normalized spacial score (nSPS) is 11.9. The van der Waals surface area contributed by atoms with Crippen molar-refractivity contribution in [2.24, 2.45) is 7.05 Å². The van der Waals surface area contributed by atoms with Gasteiger partial charge in [0.2, 0.25) is 5.91 Å². The Hall–Kier alpha value is -2.38. The van der Waals surface area contributed by atoms with E-state index in [9.17, 15) is 19.2 Å². The van der Waals surface area contributed by atoms with Crippen molar-refractivity contribution in [2.45, 2.75) is 19.5 Å². The first-order chi connectivity index (χ1) is 8.32. The number of hydrogen-bond acceptors (Lipinski definition) is 4. The number of carbonyl (C=O) groups is 2. The van der Waals surface area contributed by atoms with E-state index >= 15 is 0 Å². The number of hydrogen-bond donors (Lipinski definition) is 2. The van der Waals surface area contributed by atoms with E-state index in [1.807, 2.05) is 0 Å². The lowest BCUT2D eigenvalue weighted by Crippen LogP contribution is -2.43. The van der Waals surface area contributed by atoms with Gasteiger partial charge in [-0.15, -0.1) is 0 Å². The SMILES string of the molecule is C[C@H](NC(=O)Cn1ccc(=O)n(C)c1=O)C(=O)O. The number of carboxylic acids is 1. The van der Waals surface area contributed by atoms with Gasteiger partial charge in [0.15, 0.2) is 0 Å². The molecule has 1 heterocycles. The van der Waals surface area contributed by atoms with Crippen LogP contribution < -0.4 is 16.6 Å². The second-order valence-corrected chi connectivity index (χ2v) is 3.75. The quantitative estimate of drug-likeness (QED) is 0.655. The molecule has 18 heavy (non-hydrogen) atoms. The van der Waals surface area contributed by atoms with Crippen molar-refractivity contribution in [2.75, 3.05) is 0 Å². The summed E-state index contributed by atoms with van der Waals surface area (Å²) in [6.45, 7) is 0.967. The monoisotopic (exact) mass is 255 g/mol. The van der Waals surface area contributed by atoms with Crippen molar-refractivity contribution in [3.63, 3.8) is 0 Å². The summed E-state index contributed by atoms with van der Waals surface area (Å²) >= 11 is 0. The second-order valence-electron chi connectivity index (χ2n) is 3.75. The Morgan fingerprint density at radius 2 is 2.06 bits per heavy atom. The van der Waals surface area contributed by atoms with E-state index in [-0.39, 0.29) is 6.54 Å². The molecule has 0 unspecified atom stereocenters. The third-order valence-electron chi connectivity index (χ3n) is 2.32. The Balaban J connectivity index is 2.84. The molecule has 0 saturated carbocycles. The summed E-state index contributed by atoms with van der Waals surface area (Å²) in [6.07, 6.45) is 1.19. The molecular formula is C10H13N3O5. The minimum atomic E-state index is -1.17. The number of aliphatic carboxylic acids is 1. The van der Waals surface area contributed by atoms with E-state index in [2.05, 4.69) is 5.32 Å². The molecule has 2 N–H and O–H groups in total. The number of aromatic nitrogens is 2. The van der Waals surface area contributed by atoms with E-state index in [1.54, 1.807) is 0 Å². The van der Waals surface area contributed by atoms with Gasteiger partial charge in [-0.05, 0) is 6.92 Å². The second kappa shape index (κ2) is 5.30. The van der Waals surface area contributed by atoms with Crippen LogP contribution in [0.3, 0.4) is 0 Å². The molecule has 0 bridgehead atoms. The van der Waals surface area contributed by atoms with Crippen LogP contribution in [-0.2, 0) is 23.2 Å². The van der Waals surface area contributed by atoms with Crippen LogP contribution in [-0.4, -0.2) is 32.2 Å². The van der Waals surface area contributed by atoms with Crippen molar-refractivity contribution in [1.82, 2.24) is 14.5 Å². The first-order valence-electron chi connectivity index (χ1n) is 5.11. The lowest BCUT2D eigenvalue weighted by Gasteiger charge is -2.10. The molecule has 1 amide bonds. The van der Waals surface area contributed by atoms with Gasteiger partial charge in [-0.25, -0.2) is 4.79 Å². The van der Waals surface area contributed by atoms with Gasteiger partial charge in [0.1, 0.15) is 12.6 Å². The van der Waals surface area contributed by atoms with Crippen LogP contribution >= 0.6 is 0 Å². The van der Waals surface area contributed by atoms with E-state index in [1.165, 1.54) is 20.2 Å². The van der Waals surface area contributed by atoms with Crippen molar-refractivity contribution in [3.8, 4) is 0 Å². The van der Waals surface area contributed by atoms with Crippen molar-refractivity contribution in [3.05, 3.63) is 33.1 Å². The van der Waals surface area contributed by atoms with Crippen LogP contribution in [0.1, 0.15) is 6.92 Å². The van der Waals surface area contributed by atoms with Crippen LogP contribution in [0.15, 0.2) is 21.9 Å². The molecule has 0 aliphatic heterocycles. The van der Waals surface area contributed by atoms with Crippen LogP contribution in [0.5, 0.6) is 0 Å².